The van der Waals surface area contributed by atoms with Gasteiger partial charge in [-0.2, -0.15) is 0 Å². The number of piperidine rings is 1. The molecule has 3 aromatic carbocycles. The van der Waals surface area contributed by atoms with Gasteiger partial charge in [0, 0.05) is 31.9 Å². The fourth-order valence-corrected chi connectivity index (χ4v) is 7.06. The summed E-state index contributed by atoms with van der Waals surface area (Å²) < 4.78 is 5.29. The monoisotopic (exact) mass is 608 g/mol. The molecule has 0 saturated carbocycles. The third kappa shape index (κ3) is 7.22. The van der Waals surface area contributed by atoms with Crippen molar-refractivity contribution in [2.24, 2.45) is 0 Å². The first-order valence-corrected chi connectivity index (χ1v) is 16.5. The van der Waals surface area contributed by atoms with Crippen molar-refractivity contribution in [2.75, 3.05) is 31.1 Å². The highest BCUT2D eigenvalue weighted by Crippen LogP contribution is 2.39. The smallest absolute Gasteiger partial charge is 0.407 e. The van der Waals surface area contributed by atoms with Gasteiger partial charge in [-0.1, -0.05) is 66.7 Å². The zero-order chi connectivity index (χ0) is 31.1. The van der Waals surface area contributed by atoms with Crippen LogP contribution in [0.25, 0.3) is 0 Å². The number of carbonyl (C=O) groups is 3. The van der Waals surface area contributed by atoms with E-state index in [4.69, 9.17) is 4.74 Å². The molecule has 3 amide bonds. The molecule has 2 N–H and O–H groups in total. The lowest BCUT2D eigenvalue weighted by Crippen LogP contribution is -2.73. The van der Waals surface area contributed by atoms with E-state index in [1.807, 2.05) is 47.4 Å². The minimum absolute atomic E-state index is 0.0273. The predicted octanol–water partition coefficient (Wildman–Crippen LogP) is 5.18. The number of hydrogen-bond donors (Lipinski definition) is 2. The number of alkyl carbamates (subject to hydrolysis) is 1. The van der Waals surface area contributed by atoms with E-state index in [0.29, 0.717) is 38.6 Å². The largest absolute Gasteiger partial charge is 0.445 e. The average Bonchev–Trinajstić information content (AvgIpc) is 3.55. The molecular formula is C37H44N4O4. The zero-order valence-corrected chi connectivity index (χ0v) is 26.0. The van der Waals surface area contributed by atoms with Crippen LogP contribution in [0.1, 0.15) is 60.8 Å². The first-order chi connectivity index (χ1) is 22.0. The number of nitrogens with zero attached hydrogens (tertiary/aromatic N) is 2. The summed E-state index contributed by atoms with van der Waals surface area (Å²) in [7, 11) is 0. The van der Waals surface area contributed by atoms with E-state index < -0.39 is 17.7 Å². The van der Waals surface area contributed by atoms with Crippen LogP contribution in [-0.4, -0.2) is 60.6 Å². The van der Waals surface area contributed by atoms with Gasteiger partial charge in [-0.25, -0.2) is 4.79 Å². The van der Waals surface area contributed by atoms with Gasteiger partial charge in [-0.3, -0.25) is 14.5 Å². The molecule has 1 spiro atoms. The summed E-state index contributed by atoms with van der Waals surface area (Å²) in [4.78, 5) is 44.6. The number of rotatable bonds is 11. The lowest BCUT2D eigenvalue weighted by molar-refractivity contribution is -0.140. The molecule has 45 heavy (non-hydrogen) atoms. The van der Waals surface area contributed by atoms with Crippen LogP contribution in [0.3, 0.4) is 0 Å². The number of anilines is 1. The van der Waals surface area contributed by atoms with E-state index in [1.165, 1.54) is 16.7 Å². The zero-order valence-electron chi connectivity index (χ0n) is 26.0. The number of benzene rings is 3. The number of hydrogen-bond acceptors (Lipinski definition) is 5. The SMILES string of the molecule is O=C(NCCCC[C@@H]1NC(=O)C2(CCN(CCc3ccccc3)CC2)N(c2ccc3c(c2)CCC3)C1=O)OCc1ccccc1. The lowest BCUT2D eigenvalue weighted by Gasteiger charge is -2.51. The van der Waals surface area contributed by atoms with Gasteiger partial charge in [0.25, 0.3) is 5.91 Å². The molecule has 8 heteroatoms. The van der Waals surface area contributed by atoms with Crippen molar-refractivity contribution >= 4 is 23.6 Å². The van der Waals surface area contributed by atoms with Crippen LogP contribution in [0.2, 0.25) is 0 Å². The third-order valence-electron chi connectivity index (χ3n) is 9.66. The minimum atomic E-state index is -0.881. The molecule has 2 heterocycles. The highest BCUT2D eigenvalue weighted by atomic mass is 16.5. The first-order valence-electron chi connectivity index (χ1n) is 16.5. The Bertz CT molecular complexity index is 1470. The normalized spacial score (nSPS) is 19.3. The van der Waals surface area contributed by atoms with Crippen LogP contribution < -0.4 is 15.5 Å². The number of fused-ring (bicyclic) bond motifs is 1. The fourth-order valence-electron chi connectivity index (χ4n) is 7.06. The van der Waals surface area contributed by atoms with Crippen LogP contribution >= 0.6 is 0 Å². The Labute approximate surface area is 266 Å². The second-order valence-electron chi connectivity index (χ2n) is 12.6. The number of nitrogens with one attached hydrogen (secondary N) is 2. The third-order valence-corrected chi connectivity index (χ3v) is 9.66. The Morgan fingerprint density at radius 2 is 1.60 bits per heavy atom. The van der Waals surface area contributed by atoms with Crippen LogP contribution in [-0.2, 0) is 40.2 Å². The van der Waals surface area contributed by atoms with Crippen LogP contribution in [0.4, 0.5) is 10.5 Å². The second-order valence-corrected chi connectivity index (χ2v) is 12.6. The Morgan fingerprint density at radius 1 is 0.889 bits per heavy atom. The van der Waals surface area contributed by atoms with Crippen molar-refractivity contribution < 1.29 is 19.1 Å². The molecule has 1 atom stereocenters. The summed E-state index contributed by atoms with van der Waals surface area (Å²) in [6, 6.07) is 25.8. The molecule has 6 rings (SSSR count). The summed E-state index contributed by atoms with van der Waals surface area (Å²) in [6.07, 6.45) is 6.84. The molecule has 0 bridgehead atoms. The number of carbonyl (C=O) groups excluding carboxylic acids is 3. The number of ether oxygens (including phenoxy) is 1. The van der Waals surface area contributed by atoms with Crippen molar-refractivity contribution in [2.45, 2.75) is 76.0 Å². The van der Waals surface area contributed by atoms with Gasteiger partial charge >= 0.3 is 6.09 Å². The summed E-state index contributed by atoms with van der Waals surface area (Å²) in [6.45, 7) is 3.14. The number of amides is 3. The molecule has 0 radical (unpaired) electrons. The summed E-state index contributed by atoms with van der Waals surface area (Å²) in [5.41, 5.74) is 4.86. The fraction of sp³-hybridized carbons (Fsp3) is 0.432. The molecule has 8 nitrogen and oxygen atoms in total. The van der Waals surface area contributed by atoms with Gasteiger partial charge in [0.05, 0.1) is 0 Å². The van der Waals surface area contributed by atoms with Crippen molar-refractivity contribution in [1.82, 2.24) is 15.5 Å². The van der Waals surface area contributed by atoms with E-state index in [9.17, 15) is 14.4 Å². The number of piperazine rings is 1. The first kappa shape index (κ1) is 30.8. The molecule has 0 unspecified atom stereocenters. The predicted molar refractivity (Wildman–Crippen MR) is 175 cm³/mol. The molecule has 2 aliphatic heterocycles. The topological polar surface area (TPSA) is 91.0 Å². The van der Waals surface area contributed by atoms with E-state index in [2.05, 4.69) is 51.9 Å². The van der Waals surface area contributed by atoms with Crippen molar-refractivity contribution in [3.05, 3.63) is 101 Å². The summed E-state index contributed by atoms with van der Waals surface area (Å²) >= 11 is 0. The van der Waals surface area contributed by atoms with Crippen molar-refractivity contribution in [1.29, 1.82) is 0 Å². The van der Waals surface area contributed by atoms with Gasteiger partial charge in [0.1, 0.15) is 18.2 Å². The number of likely N-dealkylation sites (tertiary alicyclic amines) is 1. The molecule has 1 aliphatic carbocycles. The maximum atomic E-state index is 14.2. The molecule has 3 aromatic rings. The van der Waals surface area contributed by atoms with E-state index in [0.717, 1.165) is 56.6 Å². The molecule has 236 valence electrons. The van der Waals surface area contributed by atoms with E-state index >= 15 is 0 Å². The van der Waals surface area contributed by atoms with Crippen LogP contribution in [0, 0.1) is 0 Å². The maximum absolute atomic E-state index is 14.2. The second kappa shape index (κ2) is 14.3. The standard InChI is InChI=1S/C37H44N4O4/c42-34-33(16-7-8-22-38-36(44)45-27-29-12-5-2-6-13-29)39-35(43)37(41(34)32-18-17-30-14-9-15-31(30)26-32)20-24-40(25-21-37)23-19-28-10-3-1-4-11-28/h1-6,10-13,17-18,26,33H,7-9,14-16,19-25,27H2,(H,38,44)(H,39,43)/t33-/m0/s1. The molecule has 2 saturated heterocycles. The van der Waals surface area contributed by atoms with Crippen molar-refractivity contribution in [3.63, 3.8) is 0 Å². The molecule has 2 fully saturated rings. The minimum Gasteiger partial charge on any atom is -0.445 e. The summed E-state index contributed by atoms with van der Waals surface area (Å²) in [5.74, 6) is -0.0709. The Morgan fingerprint density at radius 3 is 2.36 bits per heavy atom. The highest BCUT2D eigenvalue weighted by molar-refractivity contribution is 6.11. The summed E-state index contributed by atoms with van der Waals surface area (Å²) in [5, 5.41) is 5.92. The molecule has 0 aromatic heterocycles. The van der Waals surface area contributed by atoms with Crippen LogP contribution in [0.5, 0.6) is 0 Å². The Kier molecular flexibility index (Phi) is 9.79. The highest BCUT2D eigenvalue weighted by Gasteiger charge is 2.54. The number of unbranched alkanes of at least 4 members (excludes halogenated alkanes) is 1. The Hall–Kier alpha value is -4.17. The van der Waals surface area contributed by atoms with E-state index in [1.54, 1.807) is 0 Å². The lowest BCUT2D eigenvalue weighted by atomic mass is 9.80. The van der Waals surface area contributed by atoms with Gasteiger partial charge in [0.15, 0.2) is 0 Å². The number of aryl methyl sites for hydroxylation is 2. The quantitative estimate of drug-likeness (QED) is 0.293. The van der Waals surface area contributed by atoms with Gasteiger partial charge in [0.2, 0.25) is 5.91 Å². The van der Waals surface area contributed by atoms with Gasteiger partial charge < -0.3 is 20.3 Å². The molecule has 3 aliphatic rings. The average molecular weight is 609 g/mol. The molecular weight excluding hydrogens is 564 g/mol. The van der Waals surface area contributed by atoms with Gasteiger partial charge in [-0.15, -0.1) is 0 Å². The van der Waals surface area contributed by atoms with E-state index in [-0.39, 0.29) is 18.4 Å². The Balaban J connectivity index is 1.07. The maximum Gasteiger partial charge on any atom is 0.407 e. The van der Waals surface area contributed by atoms with Gasteiger partial charge in [-0.05, 0) is 92.2 Å². The van der Waals surface area contributed by atoms with Crippen LogP contribution in [0.15, 0.2) is 78.9 Å². The van der Waals surface area contributed by atoms with Crippen molar-refractivity contribution in [3.8, 4) is 0 Å².